The van der Waals surface area contributed by atoms with Crippen molar-refractivity contribution in [1.29, 1.82) is 5.26 Å². The monoisotopic (exact) mass is 321 g/mol. The fourth-order valence-electron chi connectivity index (χ4n) is 2.10. The molecule has 2 aromatic rings. The van der Waals surface area contributed by atoms with Gasteiger partial charge < -0.3 is 9.84 Å². The summed E-state index contributed by atoms with van der Waals surface area (Å²) in [5.41, 5.74) is 2.23. The van der Waals surface area contributed by atoms with E-state index in [-0.39, 0.29) is 11.7 Å². The minimum atomic E-state index is -0.985. The molecule has 0 aromatic heterocycles. The van der Waals surface area contributed by atoms with E-state index >= 15 is 0 Å². The quantitative estimate of drug-likeness (QED) is 0.622. The zero-order valence-electron chi connectivity index (χ0n) is 13.7. The fraction of sp³-hybridized carbons (Fsp3) is 0.200. The number of nitrogens with zero attached hydrogens (tertiary/aromatic N) is 1. The Morgan fingerprint density at radius 3 is 2.25 bits per heavy atom. The van der Waals surface area contributed by atoms with Crippen LogP contribution >= 0.6 is 0 Å². The highest BCUT2D eigenvalue weighted by Crippen LogP contribution is 2.21. The first-order chi connectivity index (χ1) is 11.5. The summed E-state index contributed by atoms with van der Waals surface area (Å²) < 4.78 is 5.73. The standard InChI is InChI=1S/C20H19NO3/c1-3-14(2)24-19-10-4-15(5-11-19)12-18(13-21)16-6-8-17(9-7-16)20(22)23/h4-12,14H,3H2,1-2H3,(H,22,23)/b18-12-/t14-/m0/s1. The summed E-state index contributed by atoms with van der Waals surface area (Å²) in [7, 11) is 0. The summed E-state index contributed by atoms with van der Waals surface area (Å²) in [5, 5.41) is 18.3. The van der Waals surface area contributed by atoms with Gasteiger partial charge in [0.1, 0.15) is 5.75 Å². The van der Waals surface area contributed by atoms with Crippen molar-refractivity contribution in [3.63, 3.8) is 0 Å². The summed E-state index contributed by atoms with van der Waals surface area (Å²) in [5.74, 6) is -0.188. The molecule has 2 rings (SSSR count). The third-order valence-electron chi connectivity index (χ3n) is 3.67. The predicted molar refractivity (Wildman–Crippen MR) is 93.7 cm³/mol. The van der Waals surface area contributed by atoms with Crippen molar-refractivity contribution in [3.05, 3.63) is 65.2 Å². The van der Waals surface area contributed by atoms with Crippen molar-refractivity contribution in [2.24, 2.45) is 0 Å². The molecule has 0 aliphatic rings. The van der Waals surface area contributed by atoms with Crippen molar-refractivity contribution in [1.82, 2.24) is 0 Å². The number of aromatic carboxylic acids is 1. The van der Waals surface area contributed by atoms with Crippen LogP contribution in [0.5, 0.6) is 5.75 Å². The lowest BCUT2D eigenvalue weighted by Gasteiger charge is -2.12. The minimum Gasteiger partial charge on any atom is -0.491 e. The van der Waals surface area contributed by atoms with Gasteiger partial charge in [0, 0.05) is 0 Å². The largest absolute Gasteiger partial charge is 0.491 e. The minimum absolute atomic E-state index is 0.161. The first kappa shape index (κ1) is 17.3. The third-order valence-corrected chi connectivity index (χ3v) is 3.67. The Balaban J connectivity index is 2.21. The third kappa shape index (κ3) is 4.47. The summed E-state index contributed by atoms with van der Waals surface area (Å²) in [6.07, 6.45) is 2.86. The highest BCUT2D eigenvalue weighted by atomic mass is 16.5. The molecule has 24 heavy (non-hydrogen) atoms. The zero-order valence-corrected chi connectivity index (χ0v) is 13.7. The van der Waals surface area contributed by atoms with Crippen LogP contribution in [0.4, 0.5) is 0 Å². The average Bonchev–Trinajstić information content (AvgIpc) is 2.61. The number of hydrogen-bond acceptors (Lipinski definition) is 3. The fourth-order valence-corrected chi connectivity index (χ4v) is 2.10. The van der Waals surface area contributed by atoms with Gasteiger partial charge in [-0.3, -0.25) is 0 Å². The maximum absolute atomic E-state index is 10.9. The second-order valence-corrected chi connectivity index (χ2v) is 5.46. The van der Waals surface area contributed by atoms with Crippen molar-refractivity contribution in [2.75, 3.05) is 0 Å². The Morgan fingerprint density at radius 1 is 1.17 bits per heavy atom. The van der Waals surface area contributed by atoms with Gasteiger partial charge in [0.05, 0.1) is 23.3 Å². The normalized spacial score (nSPS) is 12.3. The average molecular weight is 321 g/mol. The molecule has 0 saturated carbocycles. The van der Waals surface area contributed by atoms with E-state index in [1.54, 1.807) is 18.2 Å². The van der Waals surface area contributed by atoms with E-state index in [1.165, 1.54) is 12.1 Å². The molecule has 0 aliphatic carbocycles. The van der Waals surface area contributed by atoms with E-state index in [2.05, 4.69) is 13.0 Å². The van der Waals surface area contributed by atoms with Crippen LogP contribution in [0.15, 0.2) is 48.5 Å². The molecule has 0 spiro atoms. The van der Waals surface area contributed by atoms with Crippen LogP contribution < -0.4 is 4.74 Å². The molecular weight excluding hydrogens is 302 g/mol. The Hall–Kier alpha value is -3.06. The second kappa shape index (κ2) is 7.98. The number of ether oxygens (including phenoxy) is 1. The van der Waals surface area contributed by atoms with Gasteiger partial charge in [-0.05, 0) is 54.8 Å². The van der Waals surface area contributed by atoms with Crippen molar-refractivity contribution in [3.8, 4) is 11.8 Å². The molecule has 0 radical (unpaired) electrons. The highest BCUT2D eigenvalue weighted by molar-refractivity contribution is 5.92. The number of hydrogen-bond donors (Lipinski definition) is 1. The number of allylic oxidation sites excluding steroid dienone is 1. The molecule has 4 nitrogen and oxygen atoms in total. The number of nitriles is 1. The lowest BCUT2D eigenvalue weighted by molar-refractivity contribution is 0.0697. The smallest absolute Gasteiger partial charge is 0.335 e. The van der Waals surface area contributed by atoms with Gasteiger partial charge in [-0.2, -0.15) is 5.26 Å². The van der Waals surface area contributed by atoms with Gasteiger partial charge in [-0.1, -0.05) is 31.2 Å². The van der Waals surface area contributed by atoms with E-state index in [0.717, 1.165) is 17.7 Å². The molecule has 0 saturated heterocycles. The molecular formula is C20H19NO3. The number of carboxylic acids is 1. The molecule has 122 valence electrons. The number of rotatable bonds is 6. The number of carbonyl (C=O) groups is 1. The van der Waals surface area contributed by atoms with Gasteiger partial charge in [-0.15, -0.1) is 0 Å². The molecule has 4 heteroatoms. The van der Waals surface area contributed by atoms with E-state index in [4.69, 9.17) is 9.84 Å². The summed E-state index contributed by atoms with van der Waals surface area (Å²) in [4.78, 5) is 10.9. The Morgan fingerprint density at radius 2 is 1.75 bits per heavy atom. The molecule has 0 bridgehead atoms. The van der Waals surface area contributed by atoms with Crippen LogP contribution in [0.1, 0.15) is 41.8 Å². The van der Waals surface area contributed by atoms with Crippen LogP contribution in [-0.2, 0) is 0 Å². The van der Waals surface area contributed by atoms with Crippen molar-refractivity contribution < 1.29 is 14.6 Å². The molecule has 0 amide bonds. The number of benzene rings is 2. The van der Waals surface area contributed by atoms with Crippen LogP contribution in [0.3, 0.4) is 0 Å². The van der Waals surface area contributed by atoms with E-state index in [0.29, 0.717) is 11.1 Å². The van der Waals surface area contributed by atoms with Crippen LogP contribution in [-0.4, -0.2) is 17.2 Å². The topological polar surface area (TPSA) is 70.3 Å². The van der Waals surface area contributed by atoms with E-state index < -0.39 is 5.97 Å². The molecule has 0 aliphatic heterocycles. The Kier molecular flexibility index (Phi) is 5.75. The van der Waals surface area contributed by atoms with Gasteiger partial charge in [0.15, 0.2) is 0 Å². The van der Waals surface area contributed by atoms with Gasteiger partial charge >= 0.3 is 5.97 Å². The molecule has 1 N–H and O–H groups in total. The Bertz CT molecular complexity index is 768. The molecule has 0 heterocycles. The van der Waals surface area contributed by atoms with E-state index in [9.17, 15) is 10.1 Å². The summed E-state index contributed by atoms with van der Waals surface area (Å²) in [6.45, 7) is 4.08. The summed E-state index contributed by atoms with van der Waals surface area (Å²) >= 11 is 0. The maximum atomic E-state index is 10.9. The highest BCUT2D eigenvalue weighted by Gasteiger charge is 2.06. The van der Waals surface area contributed by atoms with Crippen LogP contribution in [0.2, 0.25) is 0 Å². The predicted octanol–water partition coefficient (Wildman–Crippen LogP) is 4.63. The van der Waals surface area contributed by atoms with Crippen LogP contribution in [0.25, 0.3) is 11.6 Å². The van der Waals surface area contributed by atoms with Crippen LogP contribution in [0, 0.1) is 11.3 Å². The first-order valence-corrected chi connectivity index (χ1v) is 7.75. The zero-order chi connectivity index (χ0) is 17.5. The van der Waals surface area contributed by atoms with Crippen molar-refractivity contribution >= 4 is 17.6 Å². The molecule has 2 aromatic carbocycles. The SMILES string of the molecule is CC[C@H](C)Oc1ccc(/C=C(/C#N)c2ccc(C(=O)O)cc2)cc1. The van der Waals surface area contributed by atoms with Gasteiger partial charge in [-0.25, -0.2) is 4.79 Å². The van der Waals surface area contributed by atoms with Gasteiger partial charge in [0.25, 0.3) is 0 Å². The lowest BCUT2D eigenvalue weighted by atomic mass is 10.0. The molecule has 0 fully saturated rings. The Labute approximate surface area is 141 Å². The lowest BCUT2D eigenvalue weighted by Crippen LogP contribution is -2.09. The van der Waals surface area contributed by atoms with E-state index in [1.807, 2.05) is 31.2 Å². The van der Waals surface area contributed by atoms with Crippen molar-refractivity contribution in [2.45, 2.75) is 26.4 Å². The summed E-state index contributed by atoms with van der Waals surface area (Å²) in [6, 6.07) is 15.9. The second-order valence-electron chi connectivity index (χ2n) is 5.46. The molecule has 1 atom stereocenters. The first-order valence-electron chi connectivity index (χ1n) is 7.75. The molecule has 0 unspecified atom stereocenters. The maximum Gasteiger partial charge on any atom is 0.335 e. The van der Waals surface area contributed by atoms with Gasteiger partial charge in [0.2, 0.25) is 0 Å². The number of carboxylic acid groups (broad SMARTS) is 1.